The lowest BCUT2D eigenvalue weighted by molar-refractivity contribution is 0.335. The van der Waals surface area contributed by atoms with Crippen molar-refractivity contribution < 1.29 is 9.26 Å². The van der Waals surface area contributed by atoms with Gasteiger partial charge in [-0.15, -0.1) is 11.3 Å². The summed E-state index contributed by atoms with van der Waals surface area (Å²) in [7, 11) is 0. The minimum Gasteiger partial charge on any atom is -0.492 e. The van der Waals surface area contributed by atoms with Crippen molar-refractivity contribution >= 4 is 11.3 Å². The summed E-state index contributed by atoms with van der Waals surface area (Å²) in [4.78, 5) is 5.88. The molecule has 2 aromatic heterocycles. The average molecular weight is 295 g/mol. The molecule has 0 bridgehead atoms. The van der Waals surface area contributed by atoms with Crippen LogP contribution in [0, 0.1) is 11.3 Å². The molecule has 0 N–H and O–H groups in total. The maximum Gasteiger partial charge on any atom is 0.268 e. The number of aromatic nitrogens is 2. The molecular formula is C15H9N3O2S. The Morgan fingerprint density at radius 3 is 3.00 bits per heavy atom. The maximum atomic E-state index is 8.86. The number of ether oxygens (including phenoxy) is 1. The van der Waals surface area contributed by atoms with E-state index >= 15 is 0 Å². The molecule has 1 aliphatic rings. The Hall–Kier alpha value is -2.65. The van der Waals surface area contributed by atoms with Crippen LogP contribution in [0.25, 0.3) is 10.8 Å². The van der Waals surface area contributed by atoms with Crippen molar-refractivity contribution in [3.8, 4) is 22.6 Å². The van der Waals surface area contributed by atoms with Crippen LogP contribution in [-0.2, 0) is 0 Å². The van der Waals surface area contributed by atoms with Crippen molar-refractivity contribution in [1.82, 2.24) is 10.1 Å². The van der Waals surface area contributed by atoms with Crippen LogP contribution in [0.4, 0.5) is 0 Å². The number of hydrogen-bond donors (Lipinski definition) is 0. The van der Waals surface area contributed by atoms with Gasteiger partial charge in [0.25, 0.3) is 5.89 Å². The van der Waals surface area contributed by atoms with E-state index in [0.717, 1.165) is 16.2 Å². The Morgan fingerprint density at radius 2 is 2.14 bits per heavy atom. The summed E-state index contributed by atoms with van der Waals surface area (Å²) in [6.07, 6.45) is 0. The molecule has 1 aromatic carbocycles. The summed E-state index contributed by atoms with van der Waals surface area (Å²) in [5, 5.41) is 12.9. The third-order valence-corrected chi connectivity index (χ3v) is 4.36. The van der Waals surface area contributed by atoms with Crippen LogP contribution < -0.4 is 4.74 Å². The molecule has 1 atom stereocenters. The molecule has 6 heteroatoms. The predicted molar refractivity (Wildman–Crippen MR) is 76.1 cm³/mol. The number of fused-ring (bicyclic) bond motifs is 1. The van der Waals surface area contributed by atoms with Gasteiger partial charge in [-0.05, 0) is 18.2 Å². The molecule has 0 saturated heterocycles. The topological polar surface area (TPSA) is 71.9 Å². The first-order valence-electron chi connectivity index (χ1n) is 6.41. The lowest BCUT2D eigenvalue weighted by Crippen LogP contribution is -2.04. The van der Waals surface area contributed by atoms with Crippen molar-refractivity contribution in [1.29, 1.82) is 5.26 Å². The highest BCUT2D eigenvalue weighted by Crippen LogP contribution is 2.37. The molecule has 1 aliphatic heterocycles. The van der Waals surface area contributed by atoms with E-state index in [-0.39, 0.29) is 5.92 Å². The highest BCUT2D eigenvalue weighted by molar-refractivity contribution is 7.15. The van der Waals surface area contributed by atoms with E-state index in [1.165, 1.54) is 11.3 Å². The van der Waals surface area contributed by atoms with Crippen LogP contribution in [-0.4, -0.2) is 16.7 Å². The van der Waals surface area contributed by atoms with Crippen molar-refractivity contribution in [3.63, 3.8) is 0 Å². The third-order valence-electron chi connectivity index (χ3n) is 3.38. The standard InChI is InChI=1S/C15H9N3O2S/c16-7-9-5-6-13(21-9)15-17-14(18-20-15)11-8-19-12-4-2-1-3-10(11)12/h1-6,11H,8H2. The first-order chi connectivity index (χ1) is 10.3. The number of rotatable bonds is 2. The lowest BCUT2D eigenvalue weighted by Gasteiger charge is -2.01. The Labute approximate surface area is 124 Å². The van der Waals surface area contributed by atoms with Crippen LogP contribution in [0.3, 0.4) is 0 Å². The highest BCUT2D eigenvalue weighted by Gasteiger charge is 2.29. The Morgan fingerprint density at radius 1 is 1.24 bits per heavy atom. The van der Waals surface area contributed by atoms with Gasteiger partial charge in [-0.25, -0.2) is 0 Å². The molecule has 0 aliphatic carbocycles. The highest BCUT2D eigenvalue weighted by atomic mass is 32.1. The summed E-state index contributed by atoms with van der Waals surface area (Å²) in [5.41, 5.74) is 1.08. The van der Waals surface area contributed by atoms with E-state index in [9.17, 15) is 0 Å². The van der Waals surface area contributed by atoms with Crippen molar-refractivity contribution in [3.05, 3.63) is 52.7 Å². The Bertz CT molecular complexity index is 846. The van der Waals surface area contributed by atoms with E-state index in [0.29, 0.717) is 23.2 Å². The van der Waals surface area contributed by atoms with Gasteiger partial charge in [0, 0.05) is 5.56 Å². The van der Waals surface area contributed by atoms with E-state index in [1.54, 1.807) is 6.07 Å². The summed E-state index contributed by atoms with van der Waals surface area (Å²) < 4.78 is 11.0. The molecule has 5 nitrogen and oxygen atoms in total. The molecule has 4 rings (SSSR count). The first-order valence-corrected chi connectivity index (χ1v) is 7.22. The van der Waals surface area contributed by atoms with Crippen LogP contribution >= 0.6 is 11.3 Å². The molecular weight excluding hydrogens is 286 g/mol. The van der Waals surface area contributed by atoms with E-state index in [4.69, 9.17) is 14.5 Å². The number of nitriles is 1. The normalized spacial score (nSPS) is 16.2. The molecule has 3 aromatic rings. The Kier molecular flexibility index (Phi) is 2.72. The van der Waals surface area contributed by atoms with Gasteiger partial charge in [0.1, 0.15) is 23.3 Å². The Balaban J connectivity index is 1.68. The molecule has 1 unspecified atom stereocenters. The third kappa shape index (κ3) is 1.99. The second-order valence-corrected chi connectivity index (χ2v) is 5.72. The molecule has 0 amide bonds. The minimum atomic E-state index is -0.00546. The molecule has 0 fully saturated rings. The van der Waals surface area contributed by atoms with Gasteiger partial charge in [-0.1, -0.05) is 23.4 Å². The first kappa shape index (κ1) is 12.1. The van der Waals surface area contributed by atoms with Crippen molar-refractivity contribution in [2.24, 2.45) is 0 Å². The molecule has 3 heterocycles. The molecule has 0 saturated carbocycles. The second kappa shape index (κ2) is 4.72. The fraction of sp³-hybridized carbons (Fsp3) is 0.133. The predicted octanol–water partition coefficient (Wildman–Crippen LogP) is 3.19. The summed E-state index contributed by atoms with van der Waals surface area (Å²) in [6, 6.07) is 13.5. The number of benzene rings is 1. The monoisotopic (exact) mass is 295 g/mol. The number of thiophene rings is 1. The van der Waals surface area contributed by atoms with E-state index in [2.05, 4.69) is 16.2 Å². The number of para-hydroxylation sites is 1. The molecule has 0 spiro atoms. The van der Waals surface area contributed by atoms with Crippen molar-refractivity contribution in [2.75, 3.05) is 6.61 Å². The van der Waals surface area contributed by atoms with Gasteiger partial charge < -0.3 is 9.26 Å². The number of nitrogens with zero attached hydrogens (tertiary/aromatic N) is 3. The largest absolute Gasteiger partial charge is 0.492 e. The van der Waals surface area contributed by atoms with Gasteiger partial charge >= 0.3 is 0 Å². The molecule has 21 heavy (non-hydrogen) atoms. The fourth-order valence-electron chi connectivity index (χ4n) is 2.37. The van der Waals surface area contributed by atoms with Gasteiger partial charge in [0.15, 0.2) is 5.82 Å². The minimum absolute atomic E-state index is 0.00546. The van der Waals surface area contributed by atoms with Crippen LogP contribution in [0.5, 0.6) is 5.75 Å². The second-order valence-electron chi connectivity index (χ2n) is 4.63. The smallest absolute Gasteiger partial charge is 0.268 e. The lowest BCUT2D eigenvalue weighted by atomic mass is 10.0. The van der Waals surface area contributed by atoms with Gasteiger partial charge in [-0.3, -0.25) is 0 Å². The van der Waals surface area contributed by atoms with Gasteiger partial charge in [-0.2, -0.15) is 10.2 Å². The van der Waals surface area contributed by atoms with E-state index < -0.39 is 0 Å². The zero-order valence-corrected chi connectivity index (χ0v) is 11.6. The average Bonchev–Trinajstić information content (AvgIpc) is 3.24. The van der Waals surface area contributed by atoms with Crippen LogP contribution in [0.2, 0.25) is 0 Å². The summed E-state index contributed by atoms with van der Waals surface area (Å²) in [6.45, 7) is 0.520. The zero-order chi connectivity index (χ0) is 14.2. The zero-order valence-electron chi connectivity index (χ0n) is 10.8. The SMILES string of the molecule is N#Cc1ccc(-c2nc(C3COc4ccccc43)no2)s1. The molecule has 102 valence electrons. The van der Waals surface area contributed by atoms with Gasteiger partial charge in [0.2, 0.25) is 0 Å². The summed E-state index contributed by atoms with van der Waals surface area (Å²) in [5.74, 6) is 1.92. The van der Waals surface area contributed by atoms with Crippen LogP contribution in [0.1, 0.15) is 22.2 Å². The number of hydrogen-bond acceptors (Lipinski definition) is 6. The van der Waals surface area contributed by atoms with E-state index in [1.807, 2.05) is 30.3 Å². The fourth-order valence-corrected chi connectivity index (χ4v) is 3.09. The van der Waals surface area contributed by atoms with Crippen molar-refractivity contribution in [2.45, 2.75) is 5.92 Å². The van der Waals surface area contributed by atoms with Gasteiger partial charge in [0.05, 0.1) is 10.8 Å². The molecule has 0 radical (unpaired) electrons. The quantitative estimate of drug-likeness (QED) is 0.726. The summed E-state index contributed by atoms with van der Waals surface area (Å²) >= 11 is 1.34. The van der Waals surface area contributed by atoms with Crippen LogP contribution in [0.15, 0.2) is 40.9 Å². The maximum absolute atomic E-state index is 8.86.